The molecule has 0 atom stereocenters. The van der Waals surface area contributed by atoms with Gasteiger partial charge in [0, 0.05) is 12.0 Å². The minimum atomic E-state index is 0.0160. The SMILES string of the molecule is CCOc1ccc(C(=O)CC(C)(C)C)cc1Br. The van der Waals surface area contributed by atoms with Crippen LogP contribution in [0.1, 0.15) is 44.5 Å². The predicted octanol–water partition coefficient (Wildman–Crippen LogP) is 4.47. The zero-order chi connectivity index (χ0) is 13.1. The smallest absolute Gasteiger partial charge is 0.163 e. The van der Waals surface area contributed by atoms with Crippen molar-refractivity contribution in [2.45, 2.75) is 34.1 Å². The molecule has 1 rings (SSSR count). The molecule has 0 aliphatic heterocycles. The lowest BCUT2D eigenvalue weighted by molar-refractivity contribution is 0.0940. The van der Waals surface area contributed by atoms with Gasteiger partial charge in [0.2, 0.25) is 0 Å². The highest BCUT2D eigenvalue weighted by Crippen LogP contribution is 2.28. The molecule has 0 N–H and O–H groups in total. The Bertz CT molecular complexity index is 405. The number of ether oxygens (including phenoxy) is 1. The predicted molar refractivity (Wildman–Crippen MR) is 73.7 cm³/mol. The van der Waals surface area contributed by atoms with Crippen LogP contribution >= 0.6 is 15.9 Å². The summed E-state index contributed by atoms with van der Waals surface area (Å²) < 4.78 is 6.25. The molecule has 0 spiro atoms. The topological polar surface area (TPSA) is 26.3 Å². The molecule has 0 aliphatic carbocycles. The van der Waals surface area contributed by atoms with Gasteiger partial charge in [0.05, 0.1) is 11.1 Å². The van der Waals surface area contributed by atoms with Crippen molar-refractivity contribution in [2.24, 2.45) is 5.41 Å². The summed E-state index contributed by atoms with van der Waals surface area (Å²) >= 11 is 3.42. The van der Waals surface area contributed by atoms with Gasteiger partial charge in [-0.15, -0.1) is 0 Å². The molecule has 2 nitrogen and oxygen atoms in total. The minimum Gasteiger partial charge on any atom is -0.493 e. The molecule has 3 heteroatoms. The lowest BCUT2D eigenvalue weighted by Gasteiger charge is -2.17. The standard InChI is InChI=1S/C14H19BrO2/c1-5-17-13-7-6-10(8-11(13)15)12(16)9-14(2,3)4/h6-8H,5,9H2,1-4H3. The molecule has 0 aliphatic rings. The van der Waals surface area contributed by atoms with E-state index < -0.39 is 0 Å². The fourth-order valence-corrected chi connectivity index (χ4v) is 2.02. The zero-order valence-corrected chi connectivity index (χ0v) is 12.4. The van der Waals surface area contributed by atoms with Crippen molar-refractivity contribution in [2.75, 3.05) is 6.61 Å². The summed E-state index contributed by atoms with van der Waals surface area (Å²) in [6.07, 6.45) is 0.549. The second-order valence-corrected chi connectivity index (χ2v) is 6.09. The van der Waals surface area contributed by atoms with Gasteiger partial charge < -0.3 is 4.74 Å². The van der Waals surface area contributed by atoms with E-state index in [4.69, 9.17) is 4.74 Å². The molecule has 0 heterocycles. The molecular formula is C14H19BrO2. The van der Waals surface area contributed by atoms with Crippen LogP contribution in [-0.4, -0.2) is 12.4 Å². The van der Waals surface area contributed by atoms with Gasteiger partial charge in [-0.2, -0.15) is 0 Å². The number of benzene rings is 1. The van der Waals surface area contributed by atoms with Gasteiger partial charge in [-0.1, -0.05) is 20.8 Å². The number of ketones is 1. The Morgan fingerprint density at radius 1 is 1.35 bits per heavy atom. The number of halogens is 1. The zero-order valence-electron chi connectivity index (χ0n) is 10.8. The third kappa shape index (κ3) is 4.50. The van der Waals surface area contributed by atoms with E-state index in [1.807, 2.05) is 25.1 Å². The third-order valence-electron chi connectivity index (χ3n) is 2.24. The van der Waals surface area contributed by atoms with E-state index in [-0.39, 0.29) is 11.2 Å². The Morgan fingerprint density at radius 3 is 2.47 bits per heavy atom. The van der Waals surface area contributed by atoms with Crippen LogP contribution in [0.5, 0.6) is 5.75 Å². The number of hydrogen-bond acceptors (Lipinski definition) is 2. The lowest BCUT2D eigenvalue weighted by atomic mass is 9.88. The van der Waals surface area contributed by atoms with E-state index in [9.17, 15) is 4.79 Å². The van der Waals surface area contributed by atoms with Crippen LogP contribution in [0.3, 0.4) is 0 Å². The highest BCUT2D eigenvalue weighted by Gasteiger charge is 2.18. The van der Waals surface area contributed by atoms with Gasteiger partial charge >= 0.3 is 0 Å². The highest BCUT2D eigenvalue weighted by atomic mass is 79.9. The summed E-state index contributed by atoms with van der Waals surface area (Å²) in [5, 5.41) is 0. The van der Waals surface area contributed by atoms with Crippen LogP contribution in [-0.2, 0) is 0 Å². The first-order valence-electron chi connectivity index (χ1n) is 5.79. The summed E-state index contributed by atoms with van der Waals surface area (Å²) in [4.78, 5) is 12.0. The Hall–Kier alpha value is -0.830. The molecule has 1 aromatic carbocycles. The third-order valence-corrected chi connectivity index (χ3v) is 2.86. The molecule has 0 amide bonds. The summed E-state index contributed by atoms with van der Waals surface area (Å²) in [5.41, 5.74) is 0.748. The maximum Gasteiger partial charge on any atom is 0.163 e. The van der Waals surface area contributed by atoms with Crippen LogP contribution in [0.4, 0.5) is 0 Å². The minimum absolute atomic E-state index is 0.0160. The molecule has 0 fully saturated rings. The molecule has 17 heavy (non-hydrogen) atoms. The largest absolute Gasteiger partial charge is 0.493 e. The fraction of sp³-hybridized carbons (Fsp3) is 0.500. The van der Waals surface area contributed by atoms with E-state index in [1.165, 1.54) is 0 Å². The normalized spacial score (nSPS) is 11.4. The molecule has 1 aromatic rings. The Morgan fingerprint density at radius 2 is 2.00 bits per heavy atom. The van der Waals surface area contributed by atoms with Crippen molar-refractivity contribution in [1.82, 2.24) is 0 Å². The van der Waals surface area contributed by atoms with Crippen molar-refractivity contribution < 1.29 is 9.53 Å². The first-order valence-corrected chi connectivity index (χ1v) is 6.58. The summed E-state index contributed by atoms with van der Waals surface area (Å²) in [5.74, 6) is 0.945. The molecule has 0 saturated carbocycles. The van der Waals surface area contributed by atoms with Gasteiger partial charge in [0.25, 0.3) is 0 Å². The van der Waals surface area contributed by atoms with Crippen LogP contribution in [0, 0.1) is 5.41 Å². The second kappa shape index (κ2) is 5.67. The maximum absolute atomic E-state index is 12.0. The molecule has 0 aromatic heterocycles. The van der Waals surface area contributed by atoms with Crippen LogP contribution in [0.2, 0.25) is 0 Å². The van der Waals surface area contributed by atoms with Crippen molar-refractivity contribution in [3.05, 3.63) is 28.2 Å². The molecule has 94 valence electrons. The van der Waals surface area contributed by atoms with Crippen molar-refractivity contribution in [1.29, 1.82) is 0 Å². The van der Waals surface area contributed by atoms with Crippen molar-refractivity contribution in [3.8, 4) is 5.75 Å². The maximum atomic E-state index is 12.0. The van der Waals surface area contributed by atoms with E-state index in [0.29, 0.717) is 13.0 Å². The lowest BCUT2D eigenvalue weighted by Crippen LogP contribution is -2.13. The van der Waals surface area contributed by atoms with Crippen molar-refractivity contribution in [3.63, 3.8) is 0 Å². The second-order valence-electron chi connectivity index (χ2n) is 5.24. The number of hydrogen-bond donors (Lipinski definition) is 0. The molecule has 0 radical (unpaired) electrons. The summed E-state index contributed by atoms with van der Waals surface area (Å²) in [6, 6.07) is 5.49. The van der Waals surface area contributed by atoms with Gasteiger partial charge in [-0.3, -0.25) is 4.79 Å². The summed E-state index contributed by atoms with van der Waals surface area (Å²) in [6.45, 7) is 8.75. The Labute approximate surface area is 111 Å². The quantitative estimate of drug-likeness (QED) is 0.767. The van der Waals surface area contributed by atoms with Crippen LogP contribution in [0.25, 0.3) is 0 Å². The van der Waals surface area contributed by atoms with Crippen molar-refractivity contribution >= 4 is 21.7 Å². The van der Waals surface area contributed by atoms with Crippen LogP contribution < -0.4 is 4.74 Å². The van der Waals surface area contributed by atoms with Crippen LogP contribution in [0.15, 0.2) is 22.7 Å². The number of carbonyl (C=O) groups excluding carboxylic acids is 1. The molecule has 0 bridgehead atoms. The van der Waals surface area contributed by atoms with Gasteiger partial charge in [0.15, 0.2) is 5.78 Å². The Kier molecular flexibility index (Phi) is 4.75. The highest BCUT2D eigenvalue weighted by molar-refractivity contribution is 9.10. The van der Waals surface area contributed by atoms with E-state index in [0.717, 1.165) is 15.8 Å². The van der Waals surface area contributed by atoms with E-state index >= 15 is 0 Å². The first kappa shape index (κ1) is 14.2. The fourth-order valence-electron chi connectivity index (χ4n) is 1.53. The van der Waals surface area contributed by atoms with Gasteiger partial charge in [-0.05, 0) is 46.5 Å². The Balaban J connectivity index is 2.86. The molecule has 0 saturated heterocycles. The molecule has 0 unspecified atom stereocenters. The molecular weight excluding hydrogens is 280 g/mol. The first-order chi connectivity index (χ1) is 7.83. The van der Waals surface area contributed by atoms with E-state index in [2.05, 4.69) is 36.7 Å². The van der Waals surface area contributed by atoms with Gasteiger partial charge in [-0.25, -0.2) is 0 Å². The summed E-state index contributed by atoms with van der Waals surface area (Å²) in [7, 11) is 0. The number of rotatable bonds is 4. The average Bonchev–Trinajstić information content (AvgIpc) is 2.18. The van der Waals surface area contributed by atoms with E-state index in [1.54, 1.807) is 0 Å². The van der Waals surface area contributed by atoms with Gasteiger partial charge in [0.1, 0.15) is 5.75 Å². The number of carbonyl (C=O) groups is 1. The number of Topliss-reactive ketones (excluding diaryl/α,β-unsaturated/α-hetero) is 1. The monoisotopic (exact) mass is 298 g/mol. The average molecular weight is 299 g/mol.